The van der Waals surface area contributed by atoms with Crippen molar-refractivity contribution in [1.29, 1.82) is 5.26 Å². The summed E-state index contributed by atoms with van der Waals surface area (Å²) in [5.74, 6) is -0.986. The van der Waals surface area contributed by atoms with Gasteiger partial charge >= 0.3 is 6.03 Å². The summed E-state index contributed by atoms with van der Waals surface area (Å²) in [4.78, 5) is 24.9. The van der Waals surface area contributed by atoms with E-state index in [0.717, 1.165) is 22.9 Å². The molecule has 1 aliphatic rings. The van der Waals surface area contributed by atoms with Gasteiger partial charge in [0.15, 0.2) is 0 Å². The number of hydrogen-bond donors (Lipinski definition) is 3. The lowest BCUT2D eigenvalue weighted by atomic mass is 9.89. The molecule has 0 spiro atoms. The van der Waals surface area contributed by atoms with E-state index in [0.29, 0.717) is 16.3 Å². The number of nitrogens with zero attached hydrogens (tertiary/aromatic N) is 1. The highest BCUT2D eigenvalue weighted by atomic mass is 32.2. The Morgan fingerprint density at radius 1 is 1.11 bits per heavy atom. The van der Waals surface area contributed by atoms with Gasteiger partial charge in [-0.2, -0.15) is 5.26 Å². The minimum Gasteiger partial charge on any atom is -0.393 e. The van der Waals surface area contributed by atoms with Gasteiger partial charge in [0.25, 0.3) is 0 Å². The highest BCUT2D eigenvalue weighted by Crippen LogP contribution is 2.45. The van der Waals surface area contributed by atoms with Crippen LogP contribution in [0.25, 0.3) is 0 Å². The van der Waals surface area contributed by atoms with Crippen molar-refractivity contribution < 1.29 is 9.59 Å². The molecule has 0 radical (unpaired) electrons. The van der Waals surface area contributed by atoms with Crippen LogP contribution in [-0.4, -0.2) is 17.2 Å². The Morgan fingerprint density at radius 3 is 2.41 bits per heavy atom. The topological polar surface area (TPSA) is 108 Å². The third-order valence-electron chi connectivity index (χ3n) is 4.22. The summed E-state index contributed by atoms with van der Waals surface area (Å²) in [7, 11) is 0. The number of amides is 3. The Morgan fingerprint density at radius 2 is 1.78 bits per heavy atom. The molecule has 0 bridgehead atoms. The molecule has 2 aromatic rings. The number of allylic oxidation sites excluding steroid dienone is 1. The second-order valence-electron chi connectivity index (χ2n) is 6.13. The normalized spacial score (nSPS) is 18.7. The molecule has 3 rings (SSSR count). The van der Waals surface area contributed by atoms with Crippen LogP contribution < -0.4 is 16.4 Å². The van der Waals surface area contributed by atoms with Gasteiger partial charge < -0.3 is 11.1 Å². The van der Waals surface area contributed by atoms with E-state index in [2.05, 4.69) is 16.7 Å². The van der Waals surface area contributed by atoms with Crippen molar-refractivity contribution >= 4 is 29.4 Å². The highest BCUT2D eigenvalue weighted by Gasteiger charge is 2.41. The summed E-state index contributed by atoms with van der Waals surface area (Å²) in [6.45, 7) is 1.94. The van der Waals surface area contributed by atoms with E-state index in [1.165, 1.54) is 0 Å². The predicted octanol–water partition coefficient (Wildman–Crippen LogP) is 3.24. The quantitative estimate of drug-likeness (QED) is 0.760. The molecule has 6 nitrogen and oxygen atoms in total. The Kier molecular flexibility index (Phi) is 5.48. The fourth-order valence-corrected chi connectivity index (χ4v) is 4.05. The van der Waals surface area contributed by atoms with Crippen LogP contribution >= 0.6 is 11.8 Å². The van der Waals surface area contributed by atoms with E-state index in [4.69, 9.17) is 5.73 Å². The summed E-state index contributed by atoms with van der Waals surface area (Å²) in [5.41, 5.74) is 8.76. The maximum absolute atomic E-state index is 12.7. The zero-order valence-electron chi connectivity index (χ0n) is 14.6. The molecule has 0 aliphatic carbocycles. The molecular formula is C20H18N4O2S. The first-order valence-corrected chi connectivity index (χ1v) is 9.17. The number of benzene rings is 2. The smallest absolute Gasteiger partial charge is 0.325 e. The maximum atomic E-state index is 12.7. The van der Waals surface area contributed by atoms with Crippen LogP contribution in [0, 0.1) is 18.3 Å². The third kappa shape index (κ3) is 4.13. The van der Waals surface area contributed by atoms with Crippen molar-refractivity contribution in [2.45, 2.75) is 18.1 Å². The largest absolute Gasteiger partial charge is 0.393 e. The third-order valence-corrected chi connectivity index (χ3v) is 5.43. The number of carbonyl (C=O) groups excluding carboxylic acids is 2. The van der Waals surface area contributed by atoms with E-state index in [1.807, 2.05) is 49.4 Å². The van der Waals surface area contributed by atoms with E-state index >= 15 is 0 Å². The van der Waals surface area contributed by atoms with E-state index in [1.54, 1.807) is 12.1 Å². The van der Waals surface area contributed by atoms with Crippen molar-refractivity contribution in [2.75, 3.05) is 5.32 Å². The fraction of sp³-hybridized carbons (Fsp3) is 0.150. The first-order valence-electron chi connectivity index (χ1n) is 8.29. The van der Waals surface area contributed by atoms with Crippen LogP contribution in [0.5, 0.6) is 0 Å². The van der Waals surface area contributed by atoms with Gasteiger partial charge in [0.2, 0.25) is 5.91 Å². The van der Waals surface area contributed by atoms with E-state index in [-0.39, 0.29) is 0 Å². The van der Waals surface area contributed by atoms with Gasteiger partial charge in [-0.05, 0) is 24.6 Å². The minimum absolute atomic E-state index is 0.311. The number of thioether (sulfide) groups is 1. The second kappa shape index (κ2) is 7.98. The number of hydrogen-bond acceptors (Lipinski definition) is 5. The van der Waals surface area contributed by atoms with Crippen molar-refractivity contribution in [3.05, 3.63) is 76.3 Å². The lowest BCUT2D eigenvalue weighted by Crippen LogP contribution is -2.41. The molecule has 0 saturated carbocycles. The van der Waals surface area contributed by atoms with Gasteiger partial charge in [-0.15, -0.1) is 0 Å². The molecule has 2 aromatic carbocycles. The fourth-order valence-electron chi connectivity index (χ4n) is 2.89. The van der Waals surface area contributed by atoms with Gasteiger partial charge in [-0.3, -0.25) is 10.1 Å². The average molecular weight is 378 g/mol. The molecule has 1 heterocycles. The van der Waals surface area contributed by atoms with Gasteiger partial charge in [-0.25, -0.2) is 4.79 Å². The lowest BCUT2D eigenvalue weighted by Gasteiger charge is -2.19. The van der Waals surface area contributed by atoms with Crippen molar-refractivity contribution in [3.8, 4) is 6.07 Å². The molecule has 4 N–H and O–H groups in total. The summed E-state index contributed by atoms with van der Waals surface area (Å²) in [6.07, 6.45) is 0. The minimum atomic E-state index is -0.689. The number of anilines is 1. The summed E-state index contributed by atoms with van der Waals surface area (Å²) in [5, 5.41) is 14.0. The Hall–Kier alpha value is -3.24. The van der Waals surface area contributed by atoms with Crippen molar-refractivity contribution in [2.24, 2.45) is 5.73 Å². The SMILES string of the molecule is Cc1ccc(NC(=O)NC(=O)C2SC(N)=C(C#N)C2c2ccccc2)cc1. The second-order valence-corrected chi connectivity index (χ2v) is 7.31. The Bertz CT molecular complexity index is 933. The van der Waals surface area contributed by atoms with Crippen molar-refractivity contribution in [3.63, 3.8) is 0 Å². The molecule has 136 valence electrons. The molecule has 0 aromatic heterocycles. The van der Waals surface area contributed by atoms with Crippen LogP contribution in [0.3, 0.4) is 0 Å². The van der Waals surface area contributed by atoms with Gasteiger partial charge in [0, 0.05) is 11.6 Å². The van der Waals surface area contributed by atoms with Gasteiger partial charge in [0.1, 0.15) is 5.25 Å². The van der Waals surface area contributed by atoms with Crippen LogP contribution in [0.1, 0.15) is 17.0 Å². The number of nitrogens with one attached hydrogen (secondary N) is 2. The molecule has 1 aliphatic heterocycles. The molecule has 2 unspecified atom stereocenters. The first kappa shape index (κ1) is 18.5. The number of rotatable bonds is 3. The van der Waals surface area contributed by atoms with Crippen LogP contribution in [0.2, 0.25) is 0 Å². The number of nitriles is 1. The van der Waals surface area contributed by atoms with E-state index in [9.17, 15) is 14.9 Å². The lowest BCUT2D eigenvalue weighted by molar-refractivity contribution is -0.119. The molecule has 2 atom stereocenters. The predicted molar refractivity (Wildman–Crippen MR) is 106 cm³/mol. The Labute approximate surface area is 161 Å². The molecule has 3 amide bonds. The summed E-state index contributed by atoms with van der Waals surface area (Å²) in [6, 6.07) is 17.9. The van der Waals surface area contributed by atoms with Gasteiger partial charge in [0.05, 0.1) is 16.7 Å². The summed E-state index contributed by atoms with van der Waals surface area (Å²) < 4.78 is 0. The number of urea groups is 1. The summed E-state index contributed by atoms with van der Waals surface area (Å²) >= 11 is 1.10. The number of imide groups is 1. The van der Waals surface area contributed by atoms with Crippen LogP contribution in [0.15, 0.2) is 65.2 Å². The first-order chi connectivity index (χ1) is 13.0. The monoisotopic (exact) mass is 378 g/mol. The zero-order chi connectivity index (χ0) is 19.4. The number of aryl methyl sites for hydroxylation is 1. The standard InChI is InChI=1S/C20H18N4O2S/c1-12-7-9-14(10-8-12)23-20(26)24-19(25)17-16(13-5-3-2-4-6-13)15(11-21)18(22)27-17/h2-10,16-17H,22H2,1H3,(H2,23,24,25,26). The Balaban J connectivity index is 1.74. The van der Waals surface area contributed by atoms with Crippen molar-refractivity contribution in [1.82, 2.24) is 5.32 Å². The van der Waals surface area contributed by atoms with Gasteiger partial charge in [-0.1, -0.05) is 59.8 Å². The molecule has 0 fully saturated rings. The molecule has 0 saturated heterocycles. The molecular weight excluding hydrogens is 360 g/mol. The van der Waals surface area contributed by atoms with E-state index < -0.39 is 23.1 Å². The molecule has 7 heteroatoms. The number of nitrogens with two attached hydrogens (primary N) is 1. The van der Waals surface area contributed by atoms with Crippen LogP contribution in [-0.2, 0) is 4.79 Å². The maximum Gasteiger partial charge on any atom is 0.325 e. The van der Waals surface area contributed by atoms with Crippen LogP contribution in [0.4, 0.5) is 10.5 Å². The zero-order valence-corrected chi connectivity index (χ0v) is 15.4. The molecule has 27 heavy (non-hydrogen) atoms. The highest BCUT2D eigenvalue weighted by molar-refractivity contribution is 8.04. The number of carbonyl (C=O) groups is 2. The average Bonchev–Trinajstić information content (AvgIpc) is 3.00.